The summed E-state index contributed by atoms with van der Waals surface area (Å²) in [5, 5.41) is 0. The Bertz CT molecular complexity index is 388. The molecule has 0 amide bonds. The molecule has 0 bridgehead atoms. The lowest BCUT2D eigenvalue weighted by Crippen LogP contribution is -2.03. The Hall–Kier alpha value is -1.37. The zero-order chi connectivity index (χ0) is 9.42. The van der Waals surface area contributed by atoms with Crippen LogP contribution < -0.4 is 0 Å². The van der Waals surface area contributed by atoms with E-state index in [0.717, 1.165) is 35.1 Å². The molecule has 0 atom stereocenters. The first kappa shape index (κ1) is 8.24. The summed E-state index contributed by atoms with van der Waals surface area (Å²) in [6, 6.07) is 4.85. The van der Waals surface area contributed by atoms with Gasteiger partial charge in [0.25, 0.3) is 0 Å². The van der Waals surface area contributed by atoms with Gasteiger partial charge in [0, 0.05) is 0 Å². The van der Waals surface area contributed by atoms with Crippen LogP contribution in [0.5, 0.6) is 0 Å². The molecule has 1 aromatic rings. The lowest BCUT2D eigenvalue weighted by atomic mass is 9.85. The van der Waals surface area contributed by atoms with Crippen molar-refractivity contribution in [2.24, 2.45) is 0 Å². The molecule has 1 aliphatic carbocycles. The molecule has 0 saturated carbocycles. The van der Waals surface area contributed by atoms with Gasteiger partial charge < -0.3 is 0 Å². The predicted molar refractivity (Wildman–Crippen MR) is 52.9 cm³/mol. The molecule has 0 heterocycles. The number of hydrogen-bond donors (Lipinski definition) is 0. The molecule has 1 aromatic carbocycles. The molecule has 0 radical (unpaired) electrons. The van der Waals surface area contributed by atoms with Gasteiger partial charge in [-0.15, -0.1) is 0 Å². The standard InChI is InChI=1S/C12H11F/c1-8-3-4-10-7-11(13)5-6-12(10)9(8)2/h5-7H,1-4H2. The largest absolute Gasteiger partial charge is 0.207 e. The highest BCUT2D eigenvalue weighted by Crippen LogP contribution is 2.32. The lowest BCUT2D eigenvalue weighted by Gasteiger charge is -2.19. The van der Waals surface area contributed by atoms with Crippen molar-refractivity contribution in [3.8, 4) is 0 Å². The van der Waals surface area contributed by atoms with Gasteiger partial charge >= 0.3 is 0 Å². The highest BCUT2D eigenvalue weighted by atomic mass is 19.1. The van der Waals surface area contributed by atoms with E-state index in [1.807, 2.05) is 0 Å². The fraction of sp³-hybridized carbons (Fsp3) is 0.167. The number of allylic oxidation sites excluding steroid dienone is 2. The molecule has 0 saturated heterocycles. The maximum atomic E-state index is 12.9. The number of fused-ring (bicyclic) bond motifs is 1. The van der Waals surface area contributed by atoms with Crippen molar-refractivity contribution in [2.45, 2.75) is 12.8 Å². The molecule has 0 spiro atoms. The second-order valence-electron chi connectivity index (χ2n) is 3.38. The average molecular weight is 174 g/mol. The first-order valence-electron chi connectivity index (χ1n) is 4.34. The fourth-order valence-electron chi connectivity index (χ4n) is 1.69. The fourth-order valence-corrected chi connectivity index (χ4v) is 1.69. The minimum atomic E-state index is -0.168. The molecule has 0 aliphatic heterocycles. The summed E-state index contributed by atoms with van der Waals surface area (Å²) in [7, 11) is 0. The smallest absolute Gasteiger partial charge is 0.123 e. The number of aryl methyl sites for hydroxylation is 1. The van der Waals surface area contributed by atoms with Crippen LogP contribution in [0.3, 0.4) is 0 Å². The van der Waals surface area contributed by atoms with Gasteiger partial charge in [-0.1, -0.05) is 19.2 Å². The van der Waals surface area contributed by atoms with Crippen LogP contribution in [-0.4, -0.2) is 0 Å². The van der Waals surface area contributed by atoms with Crippen molar-refractivity contribution < 1.29 is 4.39 Å². The first-order valence-corrected chi connectivity index (χ1v) is 4.34. The van der Waals surface area contributed by atoms with E-state index in [9.17, 15) is 4.39 Å². The number of halogens is 1. The summed E-state index contributed by atoms with van der Waals surface area (Å²) in [5.41, 5.74) is 4.13. The van der Waals surface area contributed by atoms with Crippen LogP contribution in [0.2, 0.25) is 0 Å². The molecular weight excluding hydrogens is 163 g/mol. The lowest BCUT2D eigenvalue weighted by molar-refractivity contribution is 0.624. The zero-order valence-electron chi connectivity index (χ0n) is 7.44. The molecule has 66 valence electrons. The molecule has 1 aliphatic rings. The Balaban J connectivity index is 2.56. The van der Waals surface area contributed by atoms with Crippen LogP contribution in [0.25, 0.3) is 5.57 Å². The third-order valence-electron chi connectivity index (χ3n) is 2.52. The van der Waals surface area contributed by atoms with E-state index < -0.39 is 0 Å². The van der Waals surface area contributed by atoms with Crippen LogP contribution >= 0.6 is 0 Å². The van der Waals surface area contributed by atoms with Gasteiger partial charge in [-0.25, -0.2) is 4.39 Å². The number of rotatable bonds is 0. The second kappa shape index (κ2) is 2.84. The summed E-state index contributed by atoms with van der Waals surface area (Å²) in [6.45, 7) is 7.87. The van der Waals surface area contributed by atoms with E-state index in [0.29, 0.717) is 0 Å². The van der Waals surface area contributed by atoms with E-state index in [-0.39, 0.29) is 5.82 Å². The normalized spacial score (nSPS) is 15.8. The molecule has 1 heteroatoms. The maximum absolute atomic E-state index is 12.9. The number of benzene rings is 1. The highest BCUT2D eigenvalue weighted by molar-refractivity contribution is 5.80. The molecule has 0 aromatic heterocycles. The van der Waals surface area contributed by atoms with Crippen LogP contribution in [0.1, 0.15) is 17.5 Å². The minimum Gasteiger partial charge on any atom is -0.207 e. The van der Waals surface area contributed by atoms with Crippen molar-refractivity contribution in [3.05, 3.63) is 53.9 Å². The molecular formula is C12H11F. The van der Waals surface area contributed by atoms with Crippen molar-refractivity contribution in [1.29, 1.82) is 0 Å². The van der Waals surface area contributed by atoms with Crippen LogP contribution in [-0.2, 0) is 6.42 Å². The maximum Gasteiger partial charge on any atom is 0.123 e. The zero-order valence-corrected chi connectivity index (χ0v) is 7.44. The number of hydrogen-bond acceptors (Lipinski definition) is 0. The Morgan fingerprint density at radius 2 is 1.92 bits per heavy atom. The van der Waals surface area contributed by atoms with Crippen molar-refractivity contribution in [1.82, 2.24) is 0 Å². The van der Waals surface area contributed by atoms with Gasteiger partial charge in [-0.3, -0.25) is 0 Å². The molecule has 2 rings (SSSR count). The van der Waals surface area contributed by atoms with Gasteiger partial charge in [-0.2, -0.15) is 0 Å². The van der Waals surface area contributed by atoms with E-state index >= 15 is 0 Å². The van der Waals surface area contributed by atoms with Crippen molar-refractivity contribution in [3.63, 3.8) is 0 Å². The summed E-state index contributed by atoms with van der Waals surface area (Å²) in [4.78, 5) is 0. The van der Waals surface area contributed by atoms with Crippen LogP contribution in [0.4, 0.5) is 4.39 Å². The Kier molecular flexibility index (Phi) is 1.80. The molecule has 0 N–H and O–H groups in total. The van der Waals surface area contributed by atoms with Gasteiger partial charge in [0.05, 0.1) is 0 Å². The monoisotopic (exact) mass is 174 g/mol. The van der Waals surface area contributed by atoms with Crippen molar-refractivity contribution in [2.75, 3.05) is 0 Å². The van der Waals surface area contributed by atoms with Gasteiger partial charge in [0.1, 0.15) is 5.82 Å². The predicted octanol–water partition coefficient (Wildman–Crippen LogP) is 3.34. The quantitative estimate of drug-likeness (QED) is 0.566. The van der Waals surface area contributed by atoms with E-state index in [4.69, 9.17) is 0 Å². The van der Waals surface area contributed by atoms with Gasteiger partial charge in [0.2, 0.25) is 0 Å². The molecule has 0 nitrogen and oxygen atoms in total. The Morgan fingerprint density at radius 3 is 2.69 bits per heavy atom. The molecule has 0 unspecified atom stereocenters. The SMILES string of the molecule is C=C1CCc2cc(F)ccc2C1=C. The van der Waals surface area contributed by atoms with E-state index in [1.54, 1.807) is 12.1 Å². The topological polar surface area (TPSA) is 0 Å². The third-order valence-corrected chi connectivity index (χ3v) is 2.52. The summed E-state index contributed by atoms with van der Waals surface area (Å²) in [5.74, 6) is -0.168. The summed E-state index contributed by atoms with van der Waals surface area (Å²) >= 11 is 0. The third kappa shape index (κ3) is 1.31. The molecule has 0 fully saturated rings. The van der Waals surface area contributed by atoms with Gasteiger partial charge in [0.15, 0.2) is 0 Å². The highest BCUT2D eigenvalue weighted by Gasteiger charge is 2.15. The first-order chi connectivity index (χ1) is 6.18. The van der Waals surface area contributed by atoms with Crippen LogP contribution in [0.15, 0.2) is 36.9 Å². The second-order valence-corrected chi connectivity index (χ2v) is 3.38. The Morgan fingerprint density at radius 1 is 1.15 bits per heavy atom. The van der Waals surface area contributed by atoms with Gasteiger partial charge in [-0.05, 0) is 47.2 Å². The van der Waals surface area contributed by atoms with E-state index in [1.165, 1.54) is 6.07 Å². The summed E-state index contributed by atoms with van der Waals surface area (Å²) in [6.07, 6.45) is 1.78. The molecule has 13 heavy (non-hydrogen) atoms. The summed E-state index contributed by atoms with van der Waals surface area (Å²) < 4.78 is 12.9. The Labute approximate surface area is 77.4 Å². The minimum absolute atomic E-state index is 0.168. The average Bonchev–Trinajstić information content (AvgIpc) is 2.12. The van der Waals surface area contributed by atoms with Crippen LogP contribution in [0, 0.1) is 5.82 Å². The van der Waals surface area contributed by atoms with Crippen molar-refractivity contribution >= 4 is 5.57 Å². The van der Waals surface area contributed by atoms with E-state index in [2.05, 4.69) is 13.2 Å².